The molecule has 0 aliphatic rings. The lowest BCUT2D eigenvalue weighted by Crippen LogP contribution is -2.04. The van der Waals surface area contributed by atoms with Gasteiger partial charge in [-0.25, -0.2) is 0 Å². The maximum absolute atomic E-state index is 9.07. The molecule has 1 N–H and O–H groups in total. The van der Waals surface area contributed by atoms with Crippen molar-refractivity contribution in [2.75, 3.05) is 6.61 Å². The van der Waals surface area contributed by atoms with E-state index in [0.29, 0.717) is 5.92 Å². The second-order valence-corrected chi connectivity index (χ2v) is 4.13. The highest BCUT2D eigenvalue weighted by atomic mass is 16.3. The van der Waals surface area contributed by atoms with Crippen LogP contribution >= 0.6 is 0 Å². The molecule has 0 saturated heterocycles. The van der Waals surface area contributed by atoms with Gasteiger partial charge in [-0.05, 0) is 28.7 Å². The molecule has 78 valence electrons. The summed E-state index contributed by atoms with van der Waals surface area (Å²) in [7, 11) is 0. The number of benzene rings is 2. The number of fused-ring (bicyclic) bond motifs is 1. The summed E-state index contributed by atoms with van der Waals surface area (Å²) in [4.78, 5) is 0. The predicted octanol–water partition coefficient (Wildman–Crippen LogP) is 3.01. The standard InChI is InChI=1S/C14H16O/c1-11(10-15)9-13-7-4-6-12-5-2-3-8-14(12)13/h2-8,11,15H,9-10H2,1H3/t11-/m0/s1. The van der Waals surface area contributed by atoms with Gasteiger partial charge in [-0.15, -0.1) is 0 Å². The zero-order valence-corrected chi connectivity index (χ0v) is 8.98. The third kappa shape index (κ3) is 2.18. The molecule has 1 atom stereocenters. The Balaban J connectivity index is 2.42. The first kappa shape index (κ1) is 10.2. The fourth-order valence-electron chi connectivity index (χ4n) is 1.91. The van der Waals surface area contributed by atoms with Crippen LogP contribution in [0.5, 0.6) is 0 Å². The van der Waals surface area contributed by atoms with Crippen LogP contribution in [0.15, 0.2) is 42.5 Å². The monoisotopic (exact) mass is 200 g/mol. The minimum atomic E-state index is 0.253. The van der Waals surface area contributed by atoms with Crippen LogP contribution in [0.2, 0.25) is 0 Å². The normalized spacial score (nSPS) is 12.9. The van der Waals surface area contributed by atoms with Crippen LogP contribution < -0.4 is 0 Å². The van der Waals surface area contributed by atoms with Crippen LogP contribution in [0.1, 0.15) is 12.5 Å². The number of aliphatic hydroxyl groups excluding tert-OH is 1. The first-order valence-corrected chi connectivity index (χ1v) is 5.38. The Morgan fingerprint density at radius 2 is 1.80 bits per heavy atom. The molecule has 0 heterocycles. The summed E-state index contributed by atoms with van der Waals surface area (Å²) in [6, 6.07) is 14.8. The molecule has 0 spiro atoms. The van der Waals surface area contributed by atoms with E-state index in [1.54, 1.807) is 0 Å². The van der Waals surface area contributed by atoms with Gasteiger partial charge in [0.2, 0.25) is 0 Å². The first-order chi connectivity index (χ1) is 7.31. The quantitative estimate of drug-likeness (QED) is 0.807. The zero-order valence-electron chi connectivity index (χ0n) is 8.98. The molecule has 1 heteroatoms. The van der Waals surface area contributed by atoms with Crippen molar-refractivity contribution < 1.29 is 5.11 Å². The van der Waals surface area contributed by atoms with Crippen molar-refractivity contribution in [1.82, 2.24) is 0 Å². The van der Waals surface area contributed by atoms with Gasteiger partial charge in [0.1, 0.15) is 0 Å². The smallest absolute Gasteiger partial charge is 0.0459 e. The Hall–Kier alpha value is -1.34. The molecule has 0 aliphatic heterocycles. The maximum atomic E-state index is 9.07. The Bertz CT molecular complexity index is 443. The van der Waals surface area contributed by atoms with Crippen LogP contribution in [0.4, 0.5) is 0 Å². The van der Waals surface area contributed by atoms with E-state index in [1.165, 1.54) is 16.3 Å². The van der Waals surface area contributed by atoms with E-state index in [4.69, 9.17) is 5.11 Å². The number of hydrogen-bond acceptors (Lipinski definition) is 1. The Morgan fingerprint density at radius 1 is 1.07 bits per heavy atom. The summed E-state index contributed by atoms with van der Waals surface area (Å²) >= 11 is 0. The summed E-state index contributed by atoms with van der Waals surface area (Å²) in [5.41, 5.74) is 1.33. The van der Waals surface area contributed by atoms with E-state index in [-0.39, 0.29) is 6.61 Å². The molecule has 2 aromatic rings. The Kier molecular flexibility index (Phi) is 3.02. The lowest BCUT2D eigenvalue weighted by Gasteiger charge is -2.10. The van der Waals surface area contributed by atoms with Gasteiger partial charge in [-0.2, -0.15) is 0 Å². The molecule has 0 fully saturated rings. The highest BCUT2D eigenvalue weighted by Crippen LogP contribution is 2.20. The molecule has 0 radical (unpaired) electrons. The Morgan fingerprint density at radius 3 is 2.60 bits per heavy atom. The van der Waals surface area contributed by atoms with Gasteiger partial charge >= 0.3 is 0 Å². The molecule has 15 heavy (non-hydrogen) atoms. The zero-order chi connectivity index (χ0) is 10.7. The lowest BCUT2D eigenvalue weighted by atomic mass is 9.96. The summed E-state index contributed by atoms with van der Waals surface area (Å²) < 4.78 is 0. The number of hydrogen-bond donors (Lipinski definition) is 1. The Labute approximate surface area is 90.4 Å². The fourth-order valence-corrected chi connectivity index (χ4v) is 1.91. The minimum Gasteiger partial charge on any atom is -0.396 e. The van der Waals surface area contributed by atoms with E-state index in [1.807, 2.05) is 0 Å². The predicted molar refractivity (Wildman–Crippen MR) is 63.9 cm³/mol. The van der Waals surface area contributed by atoms with Crippen LogP contribution in [0.25, 0.3) is 10.8 Å². The minimum absolute atomic E-state index is 0.253. The molecule has 0 unspecified atom stereocenters. The van der Waals surface area contributed by atoms with E-state index >= 15 is 0 Å². The summed E-state index contributed by atoms with van der Waals surface area (Å²) in [5, 5.41) is 11.7. The second kappa shape index (κ2) is 4.45. The van der Waals surface area contributed by atoms with Gasteiger partial charge in [-0.1, -0.05) is 49.4 Å². The van der Waals surface area contributed by atoms with Gasteiger partial charge < -0.3 is 5.11 Å². The molecule has 0 amide bonds. The molecule has 2 aromatic carbocycles. The van der Waals surface area contributed by atoms with Crippen molar-refractivity contribution >= 4 is 10.8 Å². The van der Waals surface area contributed by atoms with Gasteiger partial charge in [-0.3, -0.25) is 0 Å². The molecular weight excluding hydrogens is 184 g/mol. The summed E-state index contributed by atoms with van der Waals surface area (Å²) in [6.07, 6.45) is 0.942. The van der Waals surface area contributed by atoms with Crippen LogP contribution in [-0.2, 0) is 6.42 Å². The van der Waals surface area contributed by atoms with Crippen molar-refractivity contribution in [3.8, 4) is 0 Å². The highest BCUT2D eigenvalue weighted by molar-refractivity contribution is 5.85. The maximum Gasteiger partial charge on any atom is 0.0459 e. The molecule has 0 aromatic heterocycles. The molecular formula is C14H16O. The van der Waals surface area contributed by atoms with Crippen LogP contribution in [0.3, 0.4) is 0 Å². The van der Waals surface area contributed by atoms with Gasteiger partial charge in [0.15, 0.2) is 0 Å². The summed E-state index contributed by atoms with van der Waals surface area (Å²) in [5.74, 6) is 0.329. The highest BCUT2D eigenvalue weighted by Gasteiger charge is 2.04. The van der Waals surface area contributed by atoms with Gasteiger partial charge in [0, 0.05) is 6.61 Å². The van der Waals surface area contributed by atoms with E-state index in [9.17, 15) is 0 Å². The molecule has 1 nitrogen and oxygen atoms in total. The number of aliphatic hydroxyl groups is 1. The van der Waals surface area contributed by atoms with E-state index in [2.05, 4.69) is 49.4 Å². The molecule has 0 saturated carbocycles. The van der Waals surface area contributed by atoms with Crippen molar-refractivity contribution in [3.63, 3.8) is 0 Å². The van der Waals surface area contributed by atoms with Crippen molar-refractivity contribution in [3.05, 3.63) is 48.0 Å². The SMILES string of the molecule is C[C@H](CO)Cc1cccc2ccccc12. The van der Waals surface area contributed by atoms with Crippen LogP contribution in [-0.4, -0.2) is 11.7 Å². The van der Waals surface area contributed by atoms with E-state index in [0.717, 1.165) is 6.42 Å². The third-order valence-electron chi connectivity index (χ3n) is 2.76. The summed E-state index contributed by atoms with van der Waals surface area (Å²) in [6.45, 7) is 2.32. The lowest BCUT2D eigenvalue weighted by molar-refractivity contribution is 0.237. The third-order valence-corrected chi connectivity index (χ3v) is 2.76. The average molecular weight is 200 g/mol. The van der Waals surface area contributed by atoms with Crippen molar-refractivity contribution in [2.24, 2.45) is 5.92 Å². The van der Waals surface area contributed by atoms with Crippen molar-refractivity contribution in [1.29, 1.82) is 0 Å². The first-order valence-electron chi connectivity index (χ1n) is 5.38. The number of rotatable bonds is 3. The topological polar surface area (TPSA) is 20.2 Å². The average Bonchev–Trinajstić information content (AvgIpc) is 2.29. The van der Waals surface area contributed by atoms with E-state index < -0.39 is 0 Å². The molecule has 0 aliphatic carbocycles. The molecule has 0 bridgehead atoms. The largest absolute Gasteiger partial charge is 0.396 e. The van der Waals surface area contributed by atoms with Crippen molar-refractivity contribution in [2.45, 2.75) is 13.3 Å². The van der Waals surface area contributed by atoms with Gasteiger partial charge in [0.25, 0.3) is 0 Å². The molecule has 2 rings (SSSR count). The van der Waals surface area contributed by atoms with Crippen LogP contribution in [0, 0.1) is 5.92 Å². The fraction of sp³-hybridized carbons (Fsp3) is 0.286. The van der Waals surface area contributed by atoms with Gasteiger partial charge in [0.05, 0.1) is 0 Å². The second-order valence-electron chi connectivity index (χ2n) is 4.13.